The monoisotopic (exact) mass is 327 g/mol. The molecule has 122 valence electrons. The second kappa shape index (κ2) is 6.32. The third-order valence-electron chi connectivity index (χ3n) is 4.39. The van der Waals surface area contributed by atoms with E-state index >= 15 is 0 Å². The summed E-state index contributed by atoms with van der Waals surface area (Å²) < 4.78 is 0. The van der Waals surface area contributed by atoms with Gasteiger partial charge in [-0.3, -0.25) is 4.79 Å². The van der Waals surface area contributed by atoms with E-state index in [4.69, 9.17) is 0 Å². The van der Waals surface area contributed by atoms with Crippen LogP contribution >= 0.6 is 0 Å². The average molecular weight is 327 g/mol. The van der Waals surface area contributed by atoms with E-state index < -0.39 is 0 Å². The molecule has 0 unspecified atom stereocenters. The minimum absolute atomic E-state index is 0.0592. The van der Waals surface area contributed by atoms with Crippen molar-refractivity contribution in [2.24, 2.45) is 0 Å². The Morgan fingerprint density at radius 3 is 2.68 bits per heavy atom. The van der Waals surface area contributed by atoms with Gasteiger partial charge >= 0.3 is 0 Å². The molecule has 0 spiro atoms. The van der Waals surface area contributed by atoms with Gasteiger partial charge in [0.25, 0.3) is 0 Å². The van der Waals surface area contributed by atoms with Crippen LogP contribution in [-0.2, 0) is 6.42 Å². The first kappa shape index (κ1) is 15.3. The predicted molar refractivity (Wildman–Crippen MR) is 97.7 cm³/mol. The van der Waals surface area contributed by atoms with E-state index in [1.165, 1.54) is 11.9 Å². The maximum Gasteiger partial charge on any atom is 0.212 e. The third-order valence-corrected chi connectivity index (χ3v) is 4.39. The molecule has 0 fully saturated rings. The first-order valence-electron chi connectivity index (χ1n) is 8.19. The fraction of sp³-hybridized carbons (Fsp3) is 0.0952. The molecule has 0 atom stereocenters. The Bertz CT molecular complexity index is 1050. The molecule has 0 aliphatic carbocycles. The summed E-state index contributed by atoms with van der Waals surface area (Å²) in [5, 5.41) is 0.751. The van der Waals surface area contributed by atoms with Gasteiger partial charge in [0.1, 0.15) is 17.7 Å². The summed E-state index contributed by atoms with van der Waals surface area (Å²) in [6.07, 6.45) is 3.92. The van der Waals surface area contributed by atoms with E-state index in [1.54, 1.807) is 6.20 Å². The van der Waals surface area contributed by atoms with Crippen molar-refractivity contribution in [1.82, 2.24) is 15.0 Å². The van der Waals surface area contributed by atoms with E-state index in [9.17, 15) is 4.79 Å². The highest BCUT2D eigenvalue weighted by Crippen LogP contribution is 2.23. The summed E-state index contributed by atoms with van der Waals surface area (Å²) in [5.41, 5.74) is 5.00. The molecule has 2 aromatic heterocycles. The van der Waals surface area contributed by atoms with Crippen LogP contribution < -0.4 is 0 Å². The highest BCUT2D eigenvalue weighted by atomic mass is 16.1. The van der Waals surface area contributed by atoms with Crippen molar-refractivity contribution in [1.29, 1.82) is 0 Å². The number of rotatable bonds is 4. The van der Waals surface area contributed by atoms with Gasteiger partial charge in [-0.2, -0.15) is 0 Å². The highest BCUT2D eigenvalue weighted by molar-refractivity contribution is 6.15. The van der Waals surface area contributed by atoms with Gasteiger partial charge in [0.15, 0.2) is 0 Å². The van der Waals surface area contributed by atoms with Crippen LogP contribution in [-0.4, -0.2) is 20.7 Å². The Labute approximate surface area is 145 Å². The van der Waals surface area contributed by atoms with Crippen LogP contribution in [0.2, 0.25) is 0 Å². The maximum absolute atomic E-state index is 13.3. The maximum atomic E-state index is 13.3. The molecule has 0 radical (unpaired) electrons. The molecule has 4 rings (SSSR count). The van der Waals surface area contributed by atoms with Crippen molar-refractivity contribution in [2.75, 3.05) is 0 Å². The van der Waals surface area contributed by atoms with Gasteiger partial charge in [0.2, 0.25) is 5.78 Å². The van der Waals surface area contributed by atoms with Crippen LogP contribution in [0.4, 0.5) is 0 Å². The molecular weight excluding hydrogens is 310 g/mol. The normalized spacial score (nSPS) is 10.9. The Hall–Kier alpha value is -3.27. The number of nitrogens with one attached hydrogen (secondary N) is 1. The minimum atomic E-state index is -0.0592. The summed E-state index contributed by atoms with van der Waals surface area (Å²) in [6, 6.07) is 18.0. The van der Waals surface area contributed by atoms with Crippen molar-refractivity contribution < 1.29 is 4.79 Å². The van der Waals surface area contributed by atoms with Crippen LogP contribution in [0.25, 0.3) is 11.0 Å². The zero-order valence-electron chi connectivity index (χ0n) is 13.9. The van der Waals surface area contributed by atoms with Crippen LogP contribution in [0.15, 0.2) is 67.1 Å². The summed E-state index contributed by atoms with van der Waals surface area (Å²) in [7, 11) is 0. The van der Waals surface area contributed by atoms with E-state index in [0.717, 1.165) is 22.1 Å². The van der Waals surface area contributed by atoms with Crippen LogP contribution in [0, 0.1) is 6.92 Å². The fourth-order valence-electron chi connectivity index (χ4n) is 3.19. The molecule has 2 heterocycles. The standard InChI is InChI=1S/C21H17N3O/c1-14-6-5-9-16(12-15-7-3-2-4-8-15)18(14)20(25)19-17-10-11-22-21(17)24-13-23-19/h2-11,13H,12H2,1H3,(H,22,23,24). The largest absolute Gasteiger partial charge is 0.346 e. The number of benzene rings is 2. The Morgan fingerprint density at radius 1 is 1.00 bits per heavy atom. The summed E-state index contributed by atoms with van der Waals surface area (Å²) >= 11 is 0. The summed E-state index contributed by atoms with van der Waals surface area (Å²) in [4.78, 5) is 24.8. The minimum Gasteiger partial charge on any atom is -0.346 e. The zero-order chi connectivity index (χ0) is 17.2. The van der Waals surface area contributed by atoms with E-state index in [1.807, 2.05) is 49.4 Å². The Balaban J connectivity index is 1.82. The summed E-state index contributed by atoms with van der Waals surface area (Å²) in [5.74, 6) is -0.0592. The van der Waals surface area contributed by atoms with Gasteiger partial charge in [-0.1, -0.05) is 48.5 Å². The number of aryl methyl sites for hydroxylation is 1. The van der Waals surface area contributed by atoms with Gasteiger partial charge in [-0.05, 0) is 36.1 Å². The highest BCUT2D eigenvalue weighted by Gasteiger charge is 2.20. The smallest absolute Gasteiger partial charge is 0.212 e. The number of carbonyl (C=O) groups excluding carboxylic acids is 1. The lowest BCUT2D eigenvalue weighted by molar-refractivity contribution is 0.103. The van der Waals surface area contributed by atoms with Crippen molar-refractivity contribution in [3.8, 4) is 0 Å². The Kier molecular flexibility index (Phi) is 3.86. The topological polar surface area (TPSA) is 58.6 Å². The lowest BCUT2D eigenvalue weighted by Crippen LogP contribution is -2.11. The zero-order valence-corrected chi connectivity index (χ0v) is 13.9. The molecule has 0 saturated carbocycles. The molecule has 4 aromatic rings. The number of carbonyl (C=O) groups is 1. The Morgan fingerprint density at radius 2 is 1.84 bits per heavy atom. The van der Waals surface area contributed by atoms with Gasteiger partial charge in [0.05, 0.1) is 0 Å². The van der Waals surface area contributed by atoms with Crippen LogP contribution in [0.3, 0.4) is 0 Å². The van der Waals surface area contributed by atoms with Crippen molar-refractivity contribution in [3.05, 3.63) is 95.1 Å². The molecule has 1 N–H and O–H groups in total. The van der Waals surface area contributed by atoms with Crippen molar-refractivity contribution in [2.45, 2.75) is 13.3 Å². The average Bonchev–Trinajstić information content (AvgIpc) is 3.11. The number of aromatic amines is 1. The molecule has 4 heteroatoms. The molecule has 0 amide bonds. The molecule has 25 heavy (non-hydrogen) atoms. The van der Waals surface area contributed by atoms with Crippen molar-refractivity contribution >= 4 is 16.8 Å². The molecule has 0 aliphatic rings. The number of ketones is 1. The van der Waals surface area contributed by atoms with Gasteiger partial charge < -0.3 is 4.98 Å². The first-order chi connectivity index (χ1) is 12.2. The lowest BCUT2D eigenvalue weighted by Gasteiger charge is -2.12. The molecule has 0 aliphatic heterocycles. The molecule has 0 bridgehead atoms. The van der Waals surface area contributed by atoms with Gasteiger partial charge in [-0.15, -0.1) is 0 Å². The fourth-order valence-corrected chi connectivity index (χ4v) is 3.19. The summed E-state index contributed by atoms with van der Waals surface area (Å²) in [6.45, 7) is 1.97. The molecule has 2 aromatic carbocycles. The number of aromatic nitrogens is 3. The second-order valence-corrected chi connectivity index (χ2v) is 6.06. The van der Waals surface area contributed by atoms with Crippen molar-refractivity contribution in [3.63, 3.8) is 0 Å². The molecule has 0 saturated heterocycles. The van der Waals surface area contributed by atoms with E-state index in [2.05, 4.69) is 27.1 Å². The second-order valence-electron chi connectivity index (χ2n) is 6.06. The van der Waals surface area contributed by atoms with Gasteiger partial charge in [-0.25, -0.2) is 9.97 Å². The van der Waals surface area contributed by atoms with Crippen LogP contribution in [0.1, 0.15) is 32.7 Å². The SMILES string of the molecule is Cc1cccc(Cc2ccccc2)c1C(=O)c1ncnc2[nH]ccc12. The number of nitrogens with zero attached hydrogens (tertiary/aromatic N) is 2. The van der Waals surface area contributed by atoms with E-state index in [-0.39, 0.29) is 5.78 Å². The molecule has 4 nitrogen and oxygen atoms in total. The van der Waals surface area contributed by atoms with Gasteiger partial charge in [0, 0.05) is 17.1 Å². The third kappa shape index (κ3) is 2.83. The first-order valence-corrected chi connectivity index (χ1v) is 8.19. The lowest BCUT2D eigenvalue weighted by atomic mass is 9.92. The number of hydrogen-bond acceptors (Lipinski definition) is 3. The molecular formula is C21H17N3O. The van der Waals surface area contributed by atoms with E-state index in [0.29, 0.717) is 17.8 Å². The van der Waals surface area contributed by atoms with Crippen LogP contribution in [0.5, 0.6) is 0 Å². The quantitative estimate of drug-likeness (QED) is 0.574. The number of fused-ring (bicyclic) bond motifs is 1. The predicted octanol–water partition coefficient (Wildman–Crippen LogP) is 4.09. The number of hydrogen-bond donors (Lipinski definition) is 1. The number of H-pyrrole nitrogens is 1.